The molecule has 0 aliphatic carbocycles. The minimum absolute atomic E-state index is 0.192. The average Bonchev–Trinajstić information content (AvgIpc) is 2.17. The smallest absolute Gasteiger partial charge is 0.266 e. The van der Waals surface area contributed by atoms with E-state index < -0.39 is 0 Å². The molecule has 1 aromatic carbocycles. The molecule has 0 bridgehead atoms. The molecule has 0 aromatic heterocycles. The van der Waals surface area contributed by atoms with Crippen molar-refractivity contribution in [2.75, 3.05) is 5.32 Å². The molecular weight excluding hydrogens is 218 g/mol. The third-order valence-corrected chi connectivity index (χ3v) is 1.70. The lowest BCUT2D eigenvalue weighted by atomic mass is 10.2. The number of nitrogens with one attached hydrogen (secondary N) is 3. The van der Waals surface area contributed by atoms with Gasteiger partial charge in [-0.1, -0.05) is 6.07 Å². The Balaban J connectivity index is 2.82. The van der Waals surface area contributed by atoms with Crippen LogP contribution in [0.3, 0.4) is 0 Å². The maximum Gasteiger partial charge on any atom is 0.266 e. The van der Waals surface area contributed by atoms with Crippen LogP contribution in [0.25, 0.3) is 0 Å². The first kappa shape index (κ1) is 11.5. The van der Waals surface area contributed by atoms with Crippen molar-refractivity contribution in [1.82, 2.24) is 10.4 Å². The van der Waals surface area contributed by atoms with Gasteiger partial charge in [-0.15, -0.1) is 4.94 Å². The first-order valence-corrected chi connectivity index (χ1v) is 4.55. The van der Waals surface area contributed by atoms with Crippen LogP contribution in [0.4, 0.5) is 5.69 Å². The molecule has 0 atom stereocenters. The van der Waals surface area contributed by atoms with Gasteiger partial charge < -0.3 is 5.32 Å². The minimum Gasteiger partial charge on any atom is -0.326 e. The number of hydrogen-bond acceptors (Lipinski definition) is 3. The van der Waals surface area contributed by atoms with E-state index in [0.29, 0.717) is 11.3 Å². The van der Waals surface area contributed by atoms with Crippen LogP contribution in [0.2, 0.25) is 0 Å². The predicted molar refractivity (Wildman–Crippen MR) is 57.2 cm³/mol. The van der Waals surface area contributed by atoms with Crippen molar-refractivity contribution in [3.05, 3.63) is 29.8 Å². The van der Waals surface area contributed by atoms with E-state index in [9.17, 15) is 9.59 Å². The summed E-state index contributed by atoms with van der Waals surface area (Å²) in [5.41, 5.74) is 3.16. The number of amides is 2. The van der Waals surface area contributed by atoms with Crippen LogP contribution in [-0.2, 0) is 4.79 Å². The summed E-state index contributed by atoms with van der Waals surface area (Å²) in [5.74, 6) is -0.569. The van der Waals surface area contributed by atoms with Gasteiger partial charge in [0, 0.05) is 18.2 Å². The van der Waals surface area contributed by atoms with Crippen molar-refractivity contribution in [1.29, 1.82) is 0 Å². The molecule has 0 aliphatic heterocycles. The van der Waals surface area contributed by atoms with Gasteiger partial charge in [-0.2, -0.15) is 0 Å². The zero-order valence-corrected chi connectivity index (χ0v) is 8.76. The van der Waals surface area contributed by atoms with Crippen LogP contribution in [-0.4, -0.2) is 11.8 Å². The highest BCUT2D eigenvalue weighted by molar-refractivity contribution is 6.14. The molecule has 3 N–H and O–H groups in total. The Morgan fingerprint density at radius 1 is 1.33 bits per heavy atom. The van der Waals surface area contributed by atoms with Gasteiger partial charge >= 0.3 is 0 Å². The quantitative estimate of drug-likeness (QED) is 0.534. The molecule has 0 fully saturated rings. The predicted octanol–water partition coefficient (Wildman–Crippen LogP) is 1.03. The van der Waals surface area contributed by atoms with Gasteiger partial charge in [0.1, 0.15) is 0 Å². The fourth-order valence-electron chi connectivity index (χ4n) is 1.06. The largest absolute Gasteiger partial charge is 0.326 e. The number of benzene rings is 1. The summed E-state index contributed by atoms with van der Waals surface area (Å²) in [6.07, 6.45) is 0. The van der Waals surface area contributed by atoms with E-state index in [4.69, 9.17) is 11.8 Å². The summed E-state index contributed by atoms with van der Waals surface area (Å²) < 4.78 is 0. The summed E-state index contributed by atoms with van der Waals surface area (Å²) in [7, 11) is 0. The van der Waals surface area contributed by atoms with E-state index in [1.165, 1.54) is 6.92 Å². The average molecular weight is 228 g/mol. The fourth-order valence-corrected chi connectivity index (χ4v) is 1.14. The maximum atomic E-state index is 11.3. The van der Waals surface area contributed by atoms with E-state index in [2.05, 4.69) is 10.7 Å². The number of halogens is 1. The topological polar surface area (TPSA) is 70.2 Å². The van der Waals surface area contributed by atoms with Gasteiger partial charge in [0.15, 0.2) is 0 Å². The van der Waals surface area contributed by atoms with Crippen LogP contribution in [0.5, 0.6) is 0 Å². The molecule has 0 radical (unpaired) electrons. The second-order valence-corrected chi connectivity index (χ2v) is 3.00. The van der Waals surface area contributed by atoms with Crippen molar-refractivity contribution >= 4 is 29.3 Å². The molecule has 15 heavy (non-hydrogen) atoms. The summed E-state index contributed by atoms with van der Waals surface area (Å²) >= 11 is 5.12. The Labute approximate surface area is 91.9 Å². The van der Waals surface area contributed by atoms with Crippen LogP contribution < -0.4 is 15.7 Å². The van der Waals surface area contributed by atoms with Gasteiger partial charge in [0.2, 0.25) is 5.91 Å². The normalized spacial score (nSPS) is 9.47. The molecule has 2 amide bonds. The van der Waals surface area contributed by atoms with E-state index in [1.807, 2.05) is 4.94 Å². The van der Waals surface area contributed by atoms with Crippen LogP contribution in [0, 0.1) is 0 Å². The number of carbonyl (C=O) groups is 2. The first-order valence-electron chi connectivity index (χ1n) is 4.17. The molecule has 5 nitrogen and oxygen atoms in total. The van der Waals surface area contributed by atoms with Crippen LogP contribution >= 0.6 is 11.8 Å². The number of carbonyl (C=O) groups excluding carboxylic acids is 2. The Bertz CT molecular complexity index is 381. The number of anilines is 1. The zero-order valence-electron chi connectivity index (χ0n) is 8.00. The third-order valence-electron chi connectivity index (χ3n) is 1.61. The standard InChI is InChI=1S/C9H10ClN3O2/c1-6(14)11-8-4-2-3-7(5-8)9(15)12-13-10/h2-5,13H,1H3,(H,11,14)(H,12,15). The zero-order chi connectivity index (χ0) is 11.3. The SMILES string of the molecule is CC(=O)Nc1cccc(C(=O)NNCl)c1. The number of rotatable bonds is 3. The van der Waals surface area contributed by atoms with E-state index in [1.54, 1.807) is 24.3 Å². The fraction of sp³-hybridized carbons (Fsp3) is 0.111. The Kier molecular flexibility index (Phi) is 4.08. The Morgan fingerprint density at radius 3 is 2.67 bits per heavy atom. The first-order chi connectivity index (χ1) is 7.13. The molecule has 0 unspecified atom stereocenters. The monoisotopic (exact) mass is 227 g/mol. The highest BCUT2D eigenvalue weighted by Crippen LogP contribution is 2.10. The van der Waals surface area contributed by atoms with Gasteiger partial charge in [-0.3, -0.25) is 15.0 Å². The molecular formula is C9H10ClN3O2. The lowest BCUT2D eigenvalue weighted by Crippen LogP contribution is -2.30. The summed E-state index contributed by atoms with van der Waals surface area (Å²) in [6.45, 7) is 1.40. The van der Waals surface area contributed by atoms with Gasteiger partial charge in [0.25, 0.3) is 5.91 Å². The van der Waals surface area contributed by atoms with Crippen LogP contribution in [0.15, 0.2) is 24.3 Å². The molecule has 0 spiro atoms. The molecule has 0 heterocycles. The van der Waals surface area contributed by atoms with Crippen molar-refractivity contribution in [3.63, 3.8) is 0 Å². The minimum atomic E-state index is -0.378. The maximum absolute atomic E-state index is 11.3. The van der Waals surface area contributed by atoms with E-state index >= 15 is 0 Å². The highest BCUT2D eigenvalue weighted by atomic mass is 35.5. The van der Waals surface area contributed by atoms with Crippen molar-refractivity contribution in [2.24, 2.45) is 0 Å². The lowest BCUT2D eigenvalue weighted by molar-refractivity contribution is -0.114. The van der Waals surface area contributed by atoms with Crippen LogP contribution in [0.1, 0.15) is 17.3 Å². The van der Waals surface area contributed by atoms with Crippen molar-refractivity contribution in [2.45, 2.75) is 6.92 Å². The third kappa shape index (κ3) is 3.57. The van der Waals surface area contributed by atoms with E-state index in [0.717, 1.165) is 0 Å². The lowest BCUT2D eigenvalue weighted by Gasteiger charge is -2.05. The molecule has 0 aliphatic rings. The molecule has 0 saturated carbocycles. The summed E-state index contributed by atoms with van der Waals surface area (Å²) in [4.78, 5) is 24.1. The molecule has 1 rings (SSSR count). The van der Waals surface area contributed by atoms with Gasteiger partial charge in [0.05, 0.1) is 0 Å². The van der Waals surface area contributed by atoms with Crippen molar-refractivity contribution in [3.8, 4) is 0 Å². The molecule has 1 aromatic rings. The second kappa shape index (κ2) is 5.33. The molecule has 80 valence electrons. The Morgan fingerprint density at radius 2 is 2.07 bits per heavy atom. The molecule has 6 heteroatoms. The summed E-state index contributed by atoms with van der Waals surface area (Å²) in [6, 6.07) is 6.50. The number of hydrazine groups is 1. The number of hydrogen-bond donors (Lipinski definition) is 3. The summed E-state index contributed by atoms with van der Waals surface area (Å²) in [5, 5.41) is 2.57. The molecule has 0 saturated heterocycles. The van der Waals surface area contributed by atoms with E-state index in [-0.39, 0.29) is 11.8 Å². The highest BCUT2D eigenvalue weighted by Gasteiger charge is 2.05. The Hall–Kier alpha value is -1.59. The van der Waals surface area contributed by atoms with Gasteiger partial charge in [-0.05, 0) is 30.0 Å². The van der Waals surface area contributed by atoms with Crippen molar-refractivity contribution < 1.29 is 9.59 Å². The second-order valence-electron chi connectivity index (χ2n) is 2.81. The van der Waals surface area contributed by atoms with Gasteiger partial charge in [-0.25, -0.2) is 0 Å².